The molecule has 3 aromatic heterocycles. The van der Waals surface area contributed by atoms with Crippen LogP contribution in [0.2, 0.25) is 5.15 Å². The zero-order valence-corrected chi connectivity index (χ0v) is 13.8. The molecule has 0 aliphatic heterocycles. The van der Waals surface area contributed by atoms with Crippen molar-refractivity contribution in [2.24, 2.45) is 0 Å². The van der Waals surface area contributed by atoms with E-state index in [-0.39, 0.29) is 5.95 Å². The third-order valence-corrected chi connectivity index (χ3v) is 4.13. The molecule has 0 bridgehead atoms. The number of anilines is 1. The van der Waals surface area contributed by atoms with Gasteiger partial charge >= 0.3 is 0 Å². The molecule has 0 aliphatic carbocycles. The molecule has 0 fully saturated rings. The first-order valence-corrected chi connectivity index (χ1v) is 7.36. The lowest BCUT2D eigenvalue weighted by atomic mass is 10.1. The van der Waals surface area contributed by atoms with E-state index in [1.165, 1.54) is 0 Å². The molecule has 7 nitrogen and oxygen atoms in total. The monoisotopic (exact) mass is 334 g/mol. The molecule has 3 N–H and O–H groups in total. The Morgan fingerprint density at radius 3 is 2.83 bits per heavy atom. The van der Waals surface area contributed by atoms with Gasteiger partial charge in [-0.05, 0) is 19.9 Å². The van der Waals surface area contributed by atoms with Gasteiger partial charge in [-0.2, -0.15) is 4.98 Å². The SMILES string of the molecule is COc1c(C)c[n+](O)c(Cn2ccc3c(Cl)nc(N)nc32)c1C. The van der Waals surface area contributed by atoms with Gasteiger partial charge in [0.25, 0.3) is 5.69 Å². The van der Waals surface area contributed by atoms with E-state index < -0.39 is 0 Å². The Morgan fingerprint density at radius 1 is 1.39 bits per heavy atom. The van der Waals surface area contributed by atoms with Gasteiger partial charge in [-0.15, -0.1) is 0 Å². The number of fused-ring (bicyclic) bond motifs is 1. The molecule has 0 atom stereocenters. The number of hydrogen-bond donors (Lipinski definition) is 2. The van der Waals surface area contributed by atoms with Gasteiger partial charge in [-0.3, -0.25) is 5.21 Å². The fourth-order valence-electron chi connectivity index (χ4n) is 2.76. The number of nitrogen functional groups attached to an aromatic ring is 1. The smallest absolute Gasteiger partial charge is 0.260 e. The lowest BCUT2D eigenvalue weighted by molar-refractivity contribution is -0.910. The molecule has 120 valence electrons. The van der Waals surface area contributed by atoms with Crippen molar-refractivity contribution < 1.29 is 14.7 Å². The molecule has 3 rings (SSSR count). The van der Waals surface area contributed by atoms with E-state index in [1.54, 1.807) is 13.3 Å². The third kappa shape index (κ3) is 2.53. The van der Waals surface area contributed by atoms with Crippen LogP contribution in [-0.4, -0.2) is 26.9 Å². The maximum atomic E-state index is 10.2. The number of methoxy groups -OCH3 is 1. The van der Waals surface area contributed by atoms with Crippen LogP contribution in [0.5, 0.6) is 5.75 Å². The van der Waals surface area contributed by atoms with Crippen LogP contribution >= 0.6 is 11.6 Å². The van der Waals surface area contributed by atoms with Crippen molar-refractivity contribution in [3.8, 4) is 5.75 Å². The molecule has 23 heavy (non-hydrogen) atoms. The van der Waals surface area contributed by atoms with E-state index in [0.717, 1.165) is 21.6 Å². The van der Waals surface area contributed by atoms with E-state index in [9.17, 15) is 5.21 Å². The maximum absolute atomic E-state index is 10.2. The number of pyridine rings is 1. The molecule has 3 aromatic rings. The van der Waals surface area contributed by atoms with E-state index in [1.807, 2.05) is 30.7 Å². The summed E-state index contributed by atoms with van der Waals surface area (Å²) < 4.78 is 8.37. The standard InChI is InChI=1S/C15H17ClN5O2/c1-8-6-21(22)11(9(2)12(8)23-3)7-20-5-4-10-13(16)18-15(17)19-14(10)20/h4-6,22H,7H2,1-3H3,(H2,17,18,19)/q+1. The molecular weight excluding hydrogens is 318 g/mol. The van der Waals surface area contributed by atoms with Crippen molar-refractivity contribution in [2.45, 2.75) is 20.4 Å². The number of halogens is 1. The summed E-state index contributed by atoms with van der Waals surface area (Å²) in [6.45, 7) is 4.16. The highest BCUT2D eigenvalue weighted by atomic mass is 35.5. The molecule has 0 spiro atoms. The van der Waals surface area contributed by atoms with Crippen LogP contribution in [-0.2, 0) is 6.54 Å². The van der Waals surface area contributed by atoms with Crippen LogP contribution in [0.4, 0.5) is 5.95 Å². The van der Waals surface area contributed by atoms with Crippen LogP contribution in [0, 0.1) is 13.8 Å². The number of ether oxygens (including phenoxy) is 1. The van der Waals surface area contributed by atoms with Crippen LogP contribution in [0.3, 0.4) is 0 Å². The van der Waals surface area contributed by atoms with Gasteiger partial charge in [0, 0.05) is 10.9 Å². The maximum Gasteiger partial charge on any atom is 0.260 e. The zero-order valence-electron chi connectivity index (χ0n) is 13.0. The van der Waals surface area contributed by atoms with Gasteiger partial charge in [0.1, 0.15) is 23.1 Å². The summed E-state index contributed by atoms with van der Waals surface area (Å²) in [6.07, 6.45) is 3.44. The molecule has 0 aromatic carbocycles. The van der Waals surface area contributed by atoms with E-state index >= 15 is 0 Å². The van der Waals surface area contributed by atoms with Crippen molar-refractivity contribution in [1.82, 2.24) is 14.5 Å². The van der Waals surface area contributed by atoms with E-state index in [4.69, 9.17) is 22.1 Å². The van der Waals surface area contributed by atoms with Crippen LogP contribution in [0.15, 0.2) is 18.5 Å². The average molecular weight is 335 g/mol. The Bertz CT molecular complexity index is 907. The zero-order chi connectivity index (χ0) is 16.7. The van der Waals surface area contributed by atoms with Crippen LogP contribution < -0.4 is 15.2 Å². The summed E-state index contributed by atoms with van der Waals surface area (Å²) in [4.78, 5) is 8.18. The third-order valence-electron chi connectivity index (χ3n) is 3.84. The van der Waals surface area contributed by atoms with Gasteiger partial charge in [0.15, 0.2) is 0 Å². The Labute approximate surface area is 137 Å². The highest BCUT2D eigenvalue weighted by Gasteiger charge is 2.22. The first kappa shape index (κ1) is 15.4. The second kappa shape index (κ2) is 5.58. The Kier molecular flexibility index (Phi) is 3.73. The number of aromatic nitrogens is 4. The highest BCUT2D eigenvalue weighted by Crippen LogP contribution is 2.26. The van der Waals surface area contributed by atoms with Gasteiger partial charge in [0.05, 0.1) is 23.6 Å². The highest BCUT2D eigenvalue weighted by molar-refractivity contribution is 6.34. The van der Waals surface area contributed by atoms with Gasteiger partial charge < -0.3 is 15.0 Å². The number of nitrogens with zero attached hydrogens (tertiary/aromatic N) is 4. The molecule has 0 saturated carbocycles. The lowest BCUT2D eigenvalue weighted by Crippen LogP contribution is -2.37. The minimum absolute atomic E-state index is 0.109. The van der Waals surface area contributed by atoms with E-state index in [0.29, 0.717) is 28.4 Å². The summed E-state index contributed by atoms with van der Waals surface area (Å²) in [6, 6.07) is 1.82. The number of aryl methyl sites for hydroxylation is 1. The summed E-state index contributed by atoms with van der Waals surface area (Å²) in [5, 5.41) is 11.3. The van der Waals surface area contributed by atoms with Crippen molar-refractivity contribution in [1.29, 1.82) is 0 Å². The van der Waals surface area contributed by atoms with Crippen molar-refractivity contribution in [3.63, 3.8) is 0 Å². The largest absolute Gasteiger partial charge is 0.496 e. The summed E-state index contributed by atoms with van der Waals surface area (Å²) >= 11 is 6.09. The first-order chi connectivity index (χ1) is 10.9. The molecule has 0 saturated heterocycles. The van der Waals surface area contributed by atoms with Crippen molar-refractivity contribution in [3.05, 3.63) is 40.4 Å². The summed E-state index contributed by atoms with van der Waals surface area (Å²) in [5.41, 5.74) is 8.67. The van der Waals surface area contributed by atoms with Crippen molar-refractivity contribution in [2.75, 3.05) is 12.8 Å². The molecular formula is C15H17ClN5O2+. The van der Waals surface area contributed by atoms with Gasteiger partial charge in [0.2, 0.25) is 12.1 Å². The second-order valence-corrected chi connectivity index (χ2v) is 5.67. The average Bonchev–Trinajstić information content (AvgIpc) is 2.87. The Hall–Kier alpha value is -2.54. The van der Waals surface area contributed by atoms with Gasteiger partial charge in [-0.1, -0.05) is 11.6 Å². The predicted octanol–water partition coefficient (Wildman–Crippen LogP) is 1.87. The first-order valence-electron chi connectivity index (χ1n) is 6.98. The summed E-state index contributed by atoms with van der Waals surface area (Å²) in [5.74, 6) is 0.853. The topological polar surface area (TPSA) is 90.1 Å². The number of hydrogen-bond acceptors (Lipinski definition) is 5. The Balaban J connectivity index is 2.13. The van der Waals surface area contributed by atoms with Crippen LogP contribution in [0.1, 0.15) is 16.8 Å². The number of rotatable bonds is 3. The molecule has 3 heterocycles. The minimum Gasteiger partial charge on any atom is -0.496 e. The molecule has 8 heteroatoms. The predicted molar refractivity (Wildman–Crippen MR) is 85.9 cm³/mol. The van der Waals surface area contributed by atoms with Gasteiger partial charge in [-0.25, -0.2) is 4.98 Å². The molecule has 0 radical (unpaired) electrons. The molecule has 0 aliphatic rings. The van der Waals surface area contributed by atoms with Crippen molar-refractivity contribution >= 4 is 28.6 Å². The fourth-order valence-corrected chi connectivity index (χ4v) is 2.99. The number of nitrogens with two attached hydrogens (primary N) is 1. The quantitative estimate of drug-likeness (QED) is 0.433. The minimum atomic E-state index is 0.109. The molecule has 0 unspecified atom stereocenters. The fraction of sp³-hybridized carbons (Fsp3) is 0.267. The Morgan fingerprint density at radius 2 is 2.13 bits per heavy atom. The van der Waals surface area contributed by atoms with Crippen LogP contribution in [0.25, 0.3) is 11.0 Å². The normalized spacial score (nSPS) is 11.1. The summed E-state index contributed by atoms with van der Waals surface area (Å²) in [7, 11) is 1.61. The molecule has 0 amide bonds. The van der Waals surface area contributed by atoms with E-state index in [2.05, 4.69) is 9.97 Å². The lowest BCUT2D eigenvalue weighted by Gasteiger charge is -2.10. The second-order valence-electron chi connectivity index (χ2n) is 5.32.